The van der Waals surface area contributed by atoms with Gasteiger partial charge in [-0.15, -0.1) is 0 Å². The summed E-state index contributed by atoms with van der Waals surface area (Å²) in [5, 5.41) is 0. The van der Waals surface area contributed by atoms with Gasteiger partial charge < -0.3 is 5.73 Å². The van der Waals surface area contributed by atoms with Gasteiger partial charge >= 0.3 is 0 Å². The summed E-state index contributed by atoms with van der Waals surface area (Å²) in [7, 11) is 0. The van der Waals surface area contributed by atoms with Crippen LogP contribution in [-0.4, -0.2) is 5.91 Å². The van der Waals surface area contributed by atoms with Crippen LogP contribution in [0.1, 0.15) is 28.2 Å². The molecule has 2 rings (SSSR count). The summed E-state index contributed by atoms with van der Waals surface area (Å²) in [5.74, 6) is -0.675. The number of aryl methyl sites for hydroxylation is 2. The highest BCUT2D eigenvalue weighted by atomic mass is 16.1. The Morgan fingerprint density at radius 1 is 0.889 bits per heavy atom. The first-order valence-electron chi connectivity index (χ1n) is 6.01. The number of carbonyl (C=O) groups is 1. The molecule has 0 bridgehead atoms. The standard InChI is InChI=1S/C16H17NO/c1-11-7-3-5-9-13(11)15(16(17)18)14-10-6-4-8-12(14)2/h3-10,15H,1-2H3,(H2,17,18). The van der Waals surface area contributed by atoms with E-state index in [4.69, 9.17) is 5.73 Å². The van der Waals surface area contributed by atoms with Gasteiger partial charge in [-0.05, 0) is 36.1 Å². The van der Waals surface area contributed by atoms with E-state index in [1.54, 1.807) is 0 Å². The molecule has 0 radical (unpaired) electrons. The van der Waals surface area contributed by atoms with Crippen molar-refractivity contribution in [3.8, 4) is 0 Å². The molecule has 0 fully saturated rings. The van der Waals surface area contributed by atoms with E-state index in [9.17, 15) is 4.79 Å². The van der Waals surface area contributed by atoms with E-state index in [1.807, 2.05) is 62.4 Å². The first-order chi connectivity index (χ1) is 8.61. The van der Waals surface area contributed by atoms with Crippen molar-refractivity contribution in [1.29, 1.82) is 0 Å². The van der Waals surface area contributed by atoms with Gasteiger partial charge in [0.2, 0.25) is 5.91 Å². The van der Waals surface area contributed by atoms with Gasteiger partial charge in [0.1, 0.15) is 0 Å². The molecule has 0 aromatic heterocycles. The van der Waals surface area contributed by atoms with Crippen LogP contribution in [0.4, 0.5) is 0 Å². The van der Waals surface area contributed by atoms with Gasteiger partial charge in [0.15, 0.2) is 0 Å². The van der Waals surface area contributed by atoms with Crippen molar-refractivity contribution >= 4 is 5.91 Å². The molecule has 1 amide bonds. The average molecular weight is 239 g/mol. The van der Waals surface area contributed by atoms with Crippen LogP contribution in [0, 0.1) is 13.8 Å². The van der Waals surface area contributed by atoms with Crippen molar-refractivity contribution in [2.75, 3.05) is 0 Å². The second-order valence-corrected chi connectivity index (χ2v) is 4.55. The van der Waals surface area contributed by atoms with Crippen LogP contribution in [0.3, 0.4) is 0 Å². The molecule has 2 nitrogen and oxygen atoms in total. The van der Waals surface area contributed by atoms with Gasteiger partial charge in [0.05, 0.1) is 5.92 Å². The molecule has 0 atom stereocenters. The molecule has 0 spiro atoms. The van der Waals surface area contributed by atoms with Crippen molar-refractivity contribution < 1.29 is 4.79 Å². The summed E-state index contributed by atoms with van der Waals surface area (Å²) in [4.78, 5) is 11.8. The minimum absolute atomic E-state index is 0.307. The Morgan fingerprint density at radius 3 is 1.61 bits per heavy atom. The Balaban J connectivity index is 2.58. The van der Waals surface area contributed by atoms with Crippen LogP contribution in [0.2, 0.25) is 0 Å². The monoisotopic (exact) mass is 239 g/mol. The molecule has 92 valence electrons. The van der Waals surface area contributed by atoms with Crippen molar-refractivity contribution in [2.24, 2.45) is 5.73 Å². The van der Waals surface area contributed by atoms with E-state index >= 15 is 0 Å². The Labute approximate surface area is 107 Å². The summed E-state index contributed by atoms with van der Waals surface area (Å²) in [5.41, 5.74) is 9.75. The molecule has 2 N–H and O–H groups in total. The van der Waals surface area contributed by atoms with Crippen LogP contribution >= 0.6 is 0 Å². The summed E-state index contributed by atoms with van der Waals surface area (Å²) in [6.45, 7) is 4.01. The van der Waals surface area contributed by atoms with Crippen molar-refractivity contribution in [3.05, 3.63) is 70.8 Å². The molecule has 0 saturated heterocycles. The third kappa shape index (κ3) is 2.28. The second-order valence-electron chi connectivity index (χ2n) is 4.55. The van der Waals surface area contributed by atoms with Crippen LogP contribution in [0.25, 0.3) is 0 Å². The van der Waals surface area contributed by atoms with Crippen LogP contribution in [0.15, 0.2) is 48.5 Å². The third-order valence-corrected chi connectivity index (χ3v) is 3.28. The summed E-state index contributed by atoms with van der Waals surface area (Å²) in [6, 6.07) is 15.8. The van der Waals surface area contributed by atoms with Gasteiger partial charge in [0, 0.05) is 0 Å². The minimum atomic E-state index is -0.368. The molecule has 0 unspecified atom stereocenters. The van der Waals surface area contributed by atoms with E-state index < -0.39 is 0 Å². The molecule has 2 aromatic carbocycles. The maximum Gasteiger partial charge on any atom is 0.229 e. The molecule has 2 heteroatoms. The van der Waals surface area contributed by atoms with Gasteiger partial charge in [-0.2, -0.15) is 0 Å². The summed E-state index contributed by atoms with van der Waals surface area (Å²) in [6.07, 6.45) is 0. The largest absolute Gasteiger partial charge is 0.369 e. The Bertz CT molecular complexity index is 529. The average Bonchev–Trinajstić information content (AvgIpc) is 2.34. The van der Waals surface area contributed by atoms with E-state index in [0.717, 1.165) is 22.3 Å². The molecule has 0 heterocycles. The van der Waals surface area contributed by atoms with Gasteiger partial charge in [-0.3, -0.25) is 4.79 Å². The maximum atomic E-state index is 11.8. The van der Waals surface area contributed by atoms with Crippen molar-refractivity contribution in [3.63, 3.8) is 0 Å². The number of nitrogens with two attached hydrogens (primary N) is 1. The van der Waals surface area contributed by atoms with E-state index in [-0.39, 0.29) is 11.8 Å². The molecule has 0 aliphatic rings. The number of amides is 1. The molecule has 0 aliphatic carbocycles. The highest BCUT2D eigenvalue weighted by Gasteiger charge is 2.22. The van der Waals surface area contributed by atoms with Crippen molar-refractivity contribution in [1.82, 2.24) is 0 Å². The number of rotatable bonds is 3. The Kier molecular flexibility index (Phi) is 3.47. The summed E-state index contributed by atoms with van der Waals surface area (Å²) >= 11 is 0. The van der Waals surface area contributed by atoms with Crippen molar-refractivity contribution in [2.45, 2.75) is 19.8 Å². The quantitative estimate of drug-likeness (QED) is 0.879. The molecular weight excluding hydrogens is 222 g/mol. The lowest BCUT2D eigenvalue weighted by Crippen LogP contribution is -2.23. The van der Waals surface area contributed by atoms with Gasteiger partial charge in [0.25, 0.3) is 0 Å². The fourth-order valence-corrected chi connectivity index (χ4v) is 2.30. The molecule has 0 saturated carbocycles. The normalized spacial score (nSPS) is 10.6. The summed E-state index contributed by atoms with van der Waals surface area (Å²) < 4.78 is 0. The predicted octanol–water partition coefficient (Wildman–Crippen LogP) is 2.92. The number of carbonyl (C=O) groups excluding carboxylic acids is 1. The SMILES string of the molecule is Cc1ccccc1C(C(N)=O)c1ccccc1C. The lowest BCUT2D eigenvalue weighted by molar-refractivity contribution is -0.118. The number of hydrogen-bond acceptors (Lipinski definition) is 1. The Morgan fingerprint density at radius 2 is 1.28 bits per heavy atom. The zero-order valence-corrected chi connectivity index (χ0v) is 10.7. The fraction of sp³-hybridized carbons (Fsp3) is 0.188. The maximum absolute atomic E-state index is 11.8. The highest BCUT2D eigenvalue weighted by molar-refractivity contribution is 5.86. The van der Waals surface area contributed by atoms with Gasteiger partial charge in [-0.1, -0.05) is 48.5 Å². The topological polar surface area (TPSA) is 43.1 Å². The molecule has 2 aromatic rings. The number of primary amides is 1. The highest BCUT2D eigenvalue weighted by Crippen LogP contribution is 2.28. The van der Waals surface area contributed by atoms with E-state index in [2.05, 4.69) is 0 Å². The zero-order chi connectivity index (χ0) is 13.1. The first kappa shape index (κ1) is 12.4. The predicted molar refractivity (Wildman–Crippen MR) is 73.4 cm³/mol. The Hall–Kier alpha value is -2.09. The van der Waals surface area contributed by atoms with Crippen LogP contribution in [-0.2, 0) is 4.79 Å². The van der Waals surface area contributed by atoms with E-state index in [0.29, 0.717) is 0 Å². The molecule has 18 heavy (non-hydrogen) atoms. The zero-order valence-electron chi connectivity index (χ0n) is 10.7. The smallest absolute Gasteiger partial charge is 0.229 e. The molecular formula is C16H17NO. The fourth-order valence-electron chi connectivity index (χ4n) is 2.30. The number of benzene rings is 2. The van der Waals surface area contributed by atoms with Crippen LogP contribution in [0.5, 0.6) is 0 Å². The lowest BCUT2D eigenvalue weighted by Gasteiger charge is -2.18. The molecule has 0 aliphatic heterocycles. The number of hydrogen-bond donors (Lipinski definition) is 1. The van der Waals surface area contributed by atoms with E-state index in [1.165, 1.54) is 0 Å². The van der Waals surface area contributed by atoms with Gasteiger partial charge in [-0.25, -0.2) is 0 Å². The second kappa shape index (κ2) is 5.05. The van der Waals surface area contributed by atoms with Crippen LogP contribution < -0.4 is 5.73 Å². The lowest BCUT2D eigenvalue weighted by atomic mass is 9.86. The minimum Gasteiger partial charge on any atom is -0.369 e. The third-order valence-electron chi connectivity index (χ3n) is 3.28. The first-order valence-corrected chi connectivity index (χ1v) is 6.01.